The van der Waals surface area contributed by atoms with Crippen LogP contribution in [0.1, 0.15) is 50.4 Å². The Morgan fingerprint density at radius 2 is 1.97 bits per heavy atom. The Morgan fingerprint density at radius 1 is 1.23 bits per heavy atom. The Kier molecular flexibility index (Phi) is 7.66. The molecule has 0 bridgehead atoms. The quantitative estimate of drug-likeness (QED) is 0.631. The second-order valence-corrected chi connectivity index (χ2v) is 8.80. The van der Waals surface area contributed by atoms with Crippen LogP contribution in [0.2, 0.25) is 0 Å². The van der Waals surface area contributed by atoms with Crippen molar-refractivity contribution in [3.8, 4) is 0 Å². The van der Waals surface area contributed by atoms with Gasteiger partial charge < -0.3 is 24.7 Å². The topological polar surface area (TPSA) is 101 Å². The average molecular weight is 420 g/mol. The minimum absolute atomic E-state index is 0.0118. The molecule has 1 aromatic rings. The van der Waals surface area contributed by atoms with Crippen LogP contribution in [0.3, 0.4) is 0 Å². The van der Waals surface area contributed by atoms with Crippen LogP contribution in [0.25, 0.3) is 0 Å². The molecule has 2 aliphatic rings. The molecule has 3 heterocycles. The summed E-state index contributed by atoms with van der Waals surface area (Å²) in [5.74, 6) is -0.284. The average Bonchev–Trinajstić information content (AvgIpc) is 3.46. The number of carbonyl (C=O) groups is 3. The van der Waals surface area contributed by atoms with Gasteiger partial charge in [0, 0.05) is 6.54 Å². The monoisotopic (exact) mass is 419 g/mol. The summed E-state index contributed by atoms with van der Waals surface area (Å²) in [6.45, 7) is 8.84. The number of nitrogens with one attached hydrogen (secondary N) is 2. The molecule has 2 aliphatic heterocycles. The van der Waals surface area contributed by atoms with Gasteiger partial charge >= 0.3 is 0 Å². The van der Waals surface area contributed by atoms with E-state index in [9.17, 15) is 14.4 Å². The van der Waals surface area contributed by atoms with Crippen molar-refractivity contribution in [1.82, 2.24) is 15.5 Å². The predicted molar refractivity (Wildman–Crippen MR) is 111 cm³/mol. The predicted octanol–water partition coefficient (Wildman–Crippen LogP) is 1.61. The Bertz CT molecular complexity index is 727. The van der Waals surface area contributed by atoms with Crippen molar-refractivity contribution in [3.05, 3.63) is 24.2 Å². The van der Waals surface area contributed by atoms with Crippen molar-refractivity contribution < 1.29 is 23.5 Å². The number of rotatable bonds is 9. The first-order valence-electron chi connectivity index (χ1n) is 10.8. The number of ketones is 1. The molecule has 166 valence electrons. The van der Waals surface area contributed by atoms with E-state index in [1.54, 1.807) is 6.07 Å². The van der Waals surface area contributed by atoms with Crippen molar-refractivity contribution in [2.75, 3.05) is 26.2 Å². The van der Waals surface area contributed by atoms with E-state index in [2.05, 4.69) is 36.3 Å². The molecule has 1 aromatic heterocycles. The van der Waals surface area contributed by atoms with E-state index in [0.29, 0.717) is 24.4 Å². The number of ether oxygens (including phenoxy) is 1. The lowest BCUT2D eigenvalue weighted by Gasteiger charge is -2.27. The van der Waals surface area contributed by atoms with E-state index in [4.69, 9.17) is 9.15 Å². The molecular formula is C22H33N3O5. The lowest BCUT2D eigenvalue weighted by Crippen LogP contribution is -2.55. The summed E-state index contributed by atoms with van der Waals surface area (Å²) in [7, 11) is 0. The maximum atomic E-state index is 13.1. The maximum Gasteiger partial charge on any atom is 0.255 e. The first kappa shape index (κ1) is 22.5. The highest BCUT2D eigenvalue weighted by Crippen LogP contribution is 2.19. The van der Waals surface area contributed by atoms with Gasteiger partial charge in [0.2, 0.25) is 5.91 Å². The summed E-state index contributed by atoms with van der Waals surface area (Å²) in [6, 6.07) is 0.128. The van der Waals surface area contributed by atoms with Crippen molar-refractivity contribution in [3.63, 3.8) is 0 Å². The summed E-state index contributed by atoms with van der Waals surface area (Å²) in [4.78, 5) is 40.3. The van der Waals surface area contributed by atoms with Crippen LogP contribution in [0.15, 0.2) is 23.0 Å². The number of nitrogens with zero attached hydrogens (tertiary/aromatic N) is 1. The van der Waals surface area contributed by atoms with Crippen LogP contribution in [0, 0.1) is 11.8 Å². The zero-order valence-corrected chi connectivity index (χ0v) is 18.1. The third kappa shape index (κ3) is 5.70. The van der Waals surface area contributed by atoms with Gasteiger partial charge in [0.15, 0.2) is 5.78 Å². The molecule has 3 unspecified atom stereocenters. The Hall–Kier alpha value is -2.19. The number of hydrogen-bond donors (Lipinski definition) is 2. The number of Topliss-reactive ketones (excluding diaryl/α,β-unsaturated/α-hetero) is 1. The van der Waals surface area contributed by atoms with Gasteiger partial charge in [0.25, 0.3) is 5.91 Å². The van der Waals surface area contributed by atoms with Crippen LogP contribution in [-0.2, 0) is 14.3 Å². The first-order chi connectivity index (χ1) is 14.3. The molecule has 0 aliphatic carbocycles. The molecular weight excluding hydrogens is 386 g/mol. The summed E-state index contributed by atoms with van der Waals surface area (Å²) >= 11 is 0. The van der Waals surface area contributed by atoms with Gasteiger partial charge in [-0.2, -0.15) is 0 Å². The highest BCUT2D eigenvalue weighted by molar-refractivity contribution is 5.98. The van der Waals surface area contributed by atoms with Crippen LogP contribution < -0.4 is 10.6 Å². The fourth-order valence-electron chi connectivity index (χ4n) is 3.90. The van der Waals surface area contributed by atoms with E-state index in [1.807, 2.05) is 0 Å². The van der Waals surface area contributed by atoms with Gasteiger partial charge in [0.1, 0.15) is 25.0 Å². The lowest BCUT2D eigenvalue weighted by molar-refractivity contribution is -0.128. The molecule has 4 atom stereocenters. The highest BCUT2D eigenvalue weighted by Gasteiger charge is 2.39. The Balaban J connectivity index is 1.67. The fourth-order valence-corrected chi connectivity index (χ4v) is 3.90. The minimum Gasteiger partial charge on any atom is -0.472 e. The molecule has 0 saturated carbocycles. The van der Waals surface area contributed by atoms with E-state index >= 15 is 0 Å². The Labute approximate surface area is 177 Å². The largest absolute Gasteiger partial charge is 0.472 e. The highest BCUT2D eigenvalue weighted by atomic mass is 16.5. The van der Waals surface area contributed by atoms with Gasteiger partial charge in [-0.25, -0.2) is 0 Å². The van der Waals surface area contributed by atoms with Crippen LogP contribution in [0.4, 0.5) is 0 Å². The second-order valence-electron chi connectivity index (χ2n) is 8.80. The van der Waals surface area contributed by atoms with E-state index < -0.39 is 12.1 Å². The molecule has 0 radical (unpaired) electrons. The molecule has 3 rings (SSSR count). The molecule has 8 heteroatoms. The number of likely N-dealkylation sites (tertiary alicyclic amines) is 1. The second kappa shape index (κ2) is 10.2. The molecule has 8 nitrogen and oxygen atoms in total. The van der Waals surface area contributed by atoms with E-state index in [-0.39, 0.29) is 36.2 Å². The zero-order valence-electron chi connectivity index (χ0n) is 18.1. The van der Waals surface area contributed by atoms with Gasteiger partial charge in [-0.15, -0.1) is 0 Å². The zero-order chi connectivity index (χ0) is 21.7. The van der Waals surface area contributed by atoms with Gasteiger partial charge in [0.05, 0.1) is 17.9 Å². The molecule has 30 heavy (non-hydrogen) atoms. The van der Waals surface area contributed by atoms with E-state index in [1.165, 1.54) is 12.5 Å². The van der Waals surface area contributed by atoms with Gasteiger partial charge in [-0.05, 0) is 50.3 Å². The smallest absolute Gasteiger partial charge is 0.255 e. The molecule has 0 spiro atoms. The number of carbonyl (C=O) groups excluding carboxylic acids is 3. The summed E-state index contributed by atoms with van der Waals surface area (Å²) < 4.78 is 10.6. The number of furan rings is 1. The molecule has 2 saturated heterocycles. The standard InChI is InChI=1S/C22H33N3O5/c1-14(2)15(3)10-17(23-21(27)16-6-9-29-12-16)22(28)24-20-18(26)13-30-19(20)11-25-7-4-5-8-25/h6,9,12,14-15,17,19-20H,4-5,7-8,10-11,13H2,1-3H3,(H,23,27)(H,24,28)/t15?,17-,19?,20?/m0/s1. The number of hydrogen-bond acceptors (Lipinski definition) is 6. The SMILES string of the molecule is CC(C)C(C)C[C@H](NC(=O)c1ccoc1)C(=O)NC1C(=O)COC1CN1CCCC1. The van der Waals surface area contributed by atoms with Crippen LogP contribution in [0.5, 0.6) is 0 Å². The molecule has 2 N–H and O–H groups in total. The third-order valence-corrected chi connectivity index (χ3v) is 6.24. The van der Waals surface area contributed by atoms with E-state index in [0.717, 1.165) is 25.9 Å². The molecule has 0 aromatic carbocycles. The minimum atomic E-state index is -0.745. The molecule has 2 fully saturated rings. The van der Waals surface area contributed by atoms with Gasteiger partial charge in [-0.1, -0.05) is 20.8 Å². The summed E-state index contributed by atoms with van der Waals surface area (Å²) in [5, 5.41) is 5.68. The summed E-state index contributed by atoms with van der Waals surface area (Å²) in [6.07, 6.45) is 5.17. The number of amides is 2. The maximum absolute atomic E-state index is 13.1. The van der Waals surface area contributed by atoms with Crippen molar-refractivity contribution in [2.24, 2.45) is 11.8 Å². The van der Waals surface area contributed by atoms with Crippen LogP contribution >= 0.6 is 0 Å². The fraction of sp³-hybridized carbons (Fsp3) is 0.682. The van der Waals surface area contributed by atoms with Gasteiger partial charge in [-0.3, -0.25) is 14.4 Å². The van der Waals surface area contributed by atoms with Crippen molar-refractivity contribution >= 4 is 17.6 Å². The normalized spacial score (nSPS) is 24.2. The first-order valence-corrected chi connectivity index (χ1v) is 10.8. The van der Waals surface area contributed by atoms with Crippen molar-refractivity contribution in [1.29, 1.82) is 0 Å². The van der Waals surface area contributed by atoms with Crippen LogP contribution in [-0.4, -0.2) is 66.9 Å². The summed E-state index contributed by atoms with van der Waals surface area (Å²) in [5.41, 5.74) is 0.359. The third-order valence-electron chi connectivity index (χ3n) is 6.24. The molecule has 2 amide bonds. The Morgan fingerprint density at radius 3 is 2.60 bits per heavy atom. The van der Waals surface area contributed by atoms with Crippen molar-refractivity contribution in [2.45, 2.75) is 58.2 Å². The lowest BCUT2D eigenvalue weighted by atomic mass is 9.90.